The fourth-order valence-corrected chi connectivity index (χ4v) is 2.74. The highest BCUT2D eigenvalue weighted by Crippen LogP contribution is 2.27. The van der Waals surface area contributed by atoms with Gasteiger partial charge in [-0.3, -0.25) is 4.79 Å². The van der Waals surface area contributed by atoms with Gasteiger partial charge in [0.1, 0.15) is 11.0 Å². The first-order chi connectivity index (χ1) is 9.04. The van der Waals surface area contributed by atoms with Crippen molar-refractivity contribution in [2.24, 2.45) is 11.8 Å². The van der Waals surface area contributed by atoms with Crippen LogP contribution in [0.4, 0.5) is 5.82 Å². The molecule has 1 aliphatic carbocycles. The van der Waals surface area contributed by atoms with Crippen LogP contribution in [0.1, 0.15) is 43.0 Å². The highest BCUT2D eigenvalue weighted by molar-refractivity contribution is 6.29. The lowest BCUT2D eigenvalue weighted by Gasteiger charge is -2.26. The molecule has 1 aromatic rings. The third kappa shape index (κ3) is 4.10. The van der Waals surface area contributed by atoms with Crippen LogP contribution >= 0.6 is 11.6 Å². The molecule has 4 nitrogen and oxygen atoms in total. The number of nitrogens with two attached hydrogens (primary N) is 1. The van der Waals surface area contributed by atoms with Crippen molar-refractivity contribution in [2.45, 2.75) is 32.6 Å². The maximum Gasteiger partial charge on any atom is 0.251 e. The van der Waals surface area contributed by atoms with E-state index in [-0.39, 0.29) is 16.9 Å². The summed E-state index contributed by atoms with van der Waals surface area (Å²) in [4.78, 5) is 15.8. The number of amides is 1. The summed E-state index contributed by atoms with van der Waals surface area (Å²) >= 11 is 5.79. The summed E-state index contributed by atoms with van der Waals surface area (Å²) in [6.07, 6.45) is 4.91. The third-order valence-electron chi connectivity index (χ3n) is 3.76. The van der Waals surface area contributed by atoms with Gasteiger partial charge in [0.2, 0.25) is 0 Å². The molecule has 1 fully saturated rings. The number of nitrogens with one attached hydrogen (secondary N) is 1. The standard InChI is InChI=1S/C14H20ClN3O/c1-9-2-4-10(5-3-9)8-17-14(19)11-6-12(15)18-13(16)7-11/h6-7,9-10H,2-5,8H2,1H3,(H2,16,18)(H,17,19). The molecule has 1 heterocycles. The molecule has 3 N–H and O–H groups in total. The SMILES string of the molecule is CC1CCC(CNC(=O)c2cc(N)nc(Cl)c2)CC1. The van der Waals surface area contributed by atoms with Crippen molar-refractivity contribution in [1.82, 2.24) is 10.3 Å². The second-order valence-corrected chi connectivity index (χ2v) is 5.83. The van der Waals surface area contributed by atoms with Crippen molar-refractivity contribution in [2.75, 3.05) is 12.3 Å². The number of anilines is 1. The molecular weight excluding hydrogens is 262 g/mol. The van der Waals surface area contributed by atoms with Crippen LogP contribution in [0.5, 0.6) is 0 Å². The Morgan fingerprint density at radius 3 is 2.74 bits per heavy atom. The number of pyridine rings is 1. The molecule has 1 saturated carbocycles. The minimum absolute atomic E-state index is 0.130. The average molecular weight is 282 g/mol. The van der Waals surface area contributed by atoms with E-state index in [9.17, 15) is 4.79 Å². The Kier molecular flexibility index (Phi) is 4.64. The van der Waals surface area contributed by atoms with Crippen LogP contribution in [0.25, 0.3) is 0 Å². The molecule has 0 unspecified atom stereocenters. The molecule has 0 atom stereocenters. The van der Waals surface area contributed by atoms with Crippen LogP contribution in [0, 0.1) is 11.8 Å². The van der Waals surface area contributed by atoms with Crippen molar-refractivity contribution in [1.29, 1.82) is 0 Å². The van der Waals surface area contributed by atoms with Crippen LogP contribution in [0.15, 0.2) is 12.1 Å². The van der Waals surface area contributed by atoms with Gasteiger partial charge in [0.05, 0.1) is 0 Å². The van der Waals surface area contributed by atoms with Crippen molar-refractivity contribution >= 4 is 23.3 Å². The zero-order valence-corrected chi connectivity index (χ0v) is 11.9. The molecule has 0 spiro atoms. The Morgan fingerprint density at radius 1 is 1.42 bits per heavy atom. The summed E-state index contributed by atoms with van der Waals surface area (Å²) in [7, 11) is 0. The first-order valence-corrected chi connectivity index (χ1v) is 7.13. The van der Waals surface area contributed by atoms with Crippen LogP contribution in [-0.2, 0) is 0 Å². The summed E-state index contributed by atoms with van der Waals surface area (Å²) in [5.41, 5.74) is 6.05. The topological polar surface area (TPSA) is 68.0 Å². The predicted molar refractivity (Wildman–Crippen MR) is 77.1 cm³/mol. The molecule has 104 valence electrons. The molecule has 1 aliphatic rings. The van der Waals surface area contributed by atoms with Crippen molar-refractivity contribution in [3.05, 3.63) is 22.8 Å². The third-order valence-corrected chi connectivity index (χ3v) is 3.96. The maximum absolute atomic E-state index is 12.0. The Labute approximate surface area is 118 Å². The van der Waals surface area contributed by atoms with Gasteiger partial charge in [-0.05, 0) is 36.8 Å². The van der Waals surface area contributed by atoms with Gasteiger partial charge in [-0.25, -0.2) is 4.98 Å². The van der Waals surface area contributed by atoms with E-state index in [0.717, 1.165) is 12.5 Å². The quantitative estimate of drug-likeness (QED) is 0.837. The van der Waals surface area contributed by atoms with E-state index in [0.29, 0.717) is 11.5 Å². The van der Waals surface area contributed by atoms with E-state index >= 15 is 0 Å². The van der Waals surface area contributed by atoms with Gasteiger partial charge in [0.15, 0.2) is 0 Å². The van der Waals surface area contributed by atoms with Gasteiger partial charge >= 0.3 is 0 Å². The summed E-state index contributed by atoms with van der Waals surface area (Å²) < 4.78 is 0. The molecule has 1 aromatic heterocycles. The summed E-state index contributed by atoms with van der Waals surface area (Å²) in [6.45, 7) is 3.02. The van der Waals surface area contributed by atoms with E-state index in [1.165, 1.54) is 31.7 Å². The van der Waals surface area contributed by atoms with Crippen molar-refractivity contribution < 1.29 is 4.79 Å². The minimum Gasteiger partial charge on any atom is -0.384 e. The fourth-order valence-electron chi connectivity index (χ4n) is 2.52. The largest absolute Gasteiger partial charge is 0.384 e. The number of aromatic nitrogens is 1. The summed E-state index contributed by atoms with van der Waals surface area (Å²) in [6, 6.07) is 3.08. The molecule has 19 heavy (non-hydrogen) atoms. The van der Waals surface area contributed by atoms with Crippen LogP contribution in [0.2, 0.25) is 5.15 Å². The van der Waals surface area contributed by atoms with E-state index in [2.05, 4.69) is 17.2 Å². The Bertz CT molecular complexity index is 436. The first kappa shape index (κ1) is 14.1. The lowest BCUT2D eigenvalue weighted by atomic mass is 9.83. The van der Waals surface area contributed by atoms with E-state index in [1.807, 2.05) is 0 Å². The predicted octanol–water partition coefficient (Wildman–Crippen LogP) is 2.87. The zero-order valence-electron chi connectivity index (χ0n) is 11.2. The number of nitrogens with zero attached hydrogens (tertiary/aromatic N) is 1. The number of carbonyl (C=O) groups excluding carboxylic acids is 1. The molecule has 2 rings (SSSR count). The maximum atomic E-state index is 12.0. The molecule has 0 bridgehead atoms. The number of rotatable bonds is 3. The summed E-state index contributed by atoms with van der Waals surface area (Å²) in [5.74, 6) is 1.55. The van der Waals surface area contributed by atoms with Crippen molar-refractivity contribution in [3.8, 4) is 0 Å². The monoisotopic (exact) mass is 281 g/mol. The minimum atomic E-state index is -0.130. The number of hydrogen-bond donors (Lipinski definition) is 2. The van der Waals surface area contributed by atoms with Gasteiger partial charge in [-0.15, -0.1) is 0 Å². The summed E-state index contributed by atoms with van der Waals surface area (Å²) in [5, 5.41) is 3.20. The van der Waals surface area contributed by atoms with E-state index < -0.39 is 0 Å². The van der Waals surface area contributed by atoms with E-state index in [1.54, 1.807) is 6.07 Å². The second kappa shape index (κ2) is 6.24. The smallest absolute Gasteiger partial charge is 0.251 e. The molecule has 0 radical (unpaired) electrons. The second-order valence-electron chi connectivity index (χ2n) is 5.44. The average Bonchev–Trinajstić information content (AvgIpc) is 2.36. The van der Waals surface area contributed by atoms with Crippen LogP contribution in [-0.4, -0.2) is 17.4 Å². The molecule has 0 saturated heterocycles. The van der Waals surface area contributed by atoms with Gasteiger partial charge in [-0.1, -0.05) is 31.4 Å². The van der Waals surface area contributed by atoms with Crippen LogP contribution in [0.3, 0.4) is 0 Å². The number of hydrogen-bond acceptors (Lipinski definition) is 3. The lowest BCUT2D eigenvalue weighted by molar-refractivity contribution is 0.0942. The van der Waals surface area contributed by atoms with Gasteiger partial charge in [0, 0.05) is 12.1 Å². The highest BCUT2D eigenvalue weighted by Gasteiger charge is 2.19. The molecule has 5 heteroatoms. The lowest BCUT2D eigenvalue weighted by Crippen LogP contribution is -2.31. The first-order valence-electron chi connectivity index (χ1n) is 6.76. The Hall–Kier alpha value is -1.29. The van der Waals surface area contributed by atoms with Crippen molar-refractivity contribution in [3.63, 3.8) is 0 Å². The zero-order chi connectivity index (χ0) is 13.8. The molecule has 0 aromatic carbocycles. The normalized spacial score (nSPS) is 23.1. The number of halogens is 1. The highest BCUT2D eigenvalue weighted by atomic mass is 35.5. The Balaban J connectivity index is 1.87. The van der Waals surface area contributed by atoms with Gasteiger partial charge in [-0.2, -0.15) is 0 Å². The molecular formula is C14H20ClN3O. The molecule has 0 aliphatic heterocycles. The van der Waals surface area contributed by atoms with E-state index in [4.69, 9.17) is 17.3 Å². The number of carbonyl (C=O) groups is 1. The Morgan fingerprint density at radius 2 is 2.11 bits per heavy atom. The molecule has 1 amide bonds. The fraction of sp³-hybridized carbons (Fsp3) is 0.571. The van der Waals surface area contributed by atoms with Gasteiger partial charge in [0.25, 0.3) is 5.91 Å². The van der Waals surface area contributed by atoms with Gasteiger partial charge < -0.3 is 11.1 Å². The van der Waals surface area contributed by atoms with Crippen LogP contribution < -0.4 is 11.1 Å². The number of nitrogen functional groups attached to an aromatic ring is 1.